The van der Waals surface area contributed by atoms with Crippen LogP contribution < -0.4 is 16.4 Å². The molecule has 0 saturated carbocycles. The molecule has 1 fully saturated rings. The Bertz CT molecular complexity index is 826. The standard InChI is InChI=1S/C22H28N4O3.2ClH/c1-16-2-4-17(5-3-16)20(23)22(28)25-19-8-6-18(7-9-19)21(27)24-10-11-26-12-14-29-15-13-26;;/h2-9,20H,10-15,23H2,1H3,(H,24,27)(H,25,28);2*1H. The van der Waals surface area contributed by atoms with Crippen LogP contribution in [0.4, 0.5) is 5.69 Å². The average Bonchev–Trinajstić information content (AvgIpc) is 2.75. The maximum atomic E-state index is 12.4. The first-order chi connectivity index (χ1) is 14.0. The van der Waals surface area contributed by atoms with E-state index in [4.69, 9.17) is 10.5 Å². The third-order valence-electron chi connectivity index (χ3n) is 4.95. The fourth-order valence-electron chi connectivity index (χ4n) is 3.10. The van der Waals surface area contributed by atoms with Crippen molar-refractivity contribution in [2.45, 2.75) is 13.0 Å². The van der Waals surface area contributed by atoms with E-state index in [0.29, 0.717) is 17.8 Å². The van der Waals surface area contributed by atoms with Gasteiger partial charge in [0.25, 0.3) is 5.91 Å². The van der Waals surface area contributed by atoms with Gasteiger partial charge in [-0.25, -0.2) is 0 Å². The third-order valence-corrected chi connectivity index (χ3v) is 4.95. The quantitative estimate of drug-likeness (QED) is 0.579. The molecule has 1 saturated heterocycles. The summed E-state index contributed by atoms with van der Waals surface area (Å²) in [4.78, 5) is 26.9. The third kappa shape index (κ3) is 8.12. The Morgan fingerprint density at radius 1 is 1.03 bits per heavy atom. The number of aryl methyl sites for hydroxylation is 1. The average molecular weight is 469 g/mol. The Morgan fingerprint density at radius 3 is 2.26 bits per heavy atom. The van der Waals surface area contributed by atoms with Crippen LogP contribution in [0.3, 0.4) is 0 Å². The fraction of sp³-hybridized carbons (Fsp3) is 0.364. The zero-order chi connectivity index (χ0) is 20.6. The van der Waals surface area contributed by atoms with Gasteiger partial charge in [0.15, 0.2) is 0 Å². The van der Waals surface area contributed by atoms with E-state index >= 15 is 0 Å². The summed E-state index contributed by atoms with van der Waals surface area (Å²) in [6.45, 7) is 6.66. The molecule has 3 rings (SSSR count). The molecule has 2 amide bonds. The lowest BCUT2D eigenvalue weighted by Crippen LogP contribution is -2.41. The van der Waals surface area contributed by atoms with E-state index in [1.807, 2.05) is 31.2 Å². The lowest BCUT2D eigenvalue weighted by molar-refractivity contribution is -0.117. The molecule has 1 atom stereocenters. The number of halogens is 2. The van der Waals surface area contributed by atoms with Gasteiger partial charge in [-0.2, -0.15) is 0 Å². The van der Waals surface area contributed by atoms with Crippen LogP contribution in [0.15, 0.2) is 48.5 Å². The number of benzene rings is 2. The fourth-order valence-corrected chi connectivity index (χ4v) is 3.10. The number of morpholine rings is 1. The minimum Gasteiger partial charge on any atom is -0.379 e. The normalized spacial score (nSPS) is 14.5. The molecule has 0 aliphatic carbocycles. The zero-order valence-electron chi connectivity index (χ0n) is 17.5. The second kappa shape index (κ2) is 13.3. The molecule has 0 radical (unpaired) electrons. The number of rotatable bonds is 7. The molecular weight excluding hydrogens is 439 g/mol. The summed E-state index contributed by atoms with van der Waals surface area (Å²) in [7, 11) is 0. The predicted molar refractivity (Wildman–Crippen MR) is 127 cm³/mol. The van der Waals surface area contributed by atoms with E-state index < -0.39 is 6.04 Å². The van der Waals surface area contributed by atoms with Gasteiger partial charge < -0.3 is 21.1 Å². The monoisotopic (exact) mass is 468 g/mol. The van der Waals surface area contributed by atoms with Crippen LogP contribution in [-0.4, -0.2) is 56.1 Å². The number of carbonyl (C=O) groups excluding carboxylic acids is 2. The van der Waals surface area contributed by atoms with Gasteiger partial charge in [-0.05, 0) is 36.8 Å². The number of nitrogens with two attached hydrogens (primary N) is 1. The summed E-state index contributed by atoms with van der Waals surface area (Å²) < 4.78 is 5.31. The van der Waals surface area contributed by atoms with Crippen LogP contribution in [0.2, 0.25) is 0 Å². The van der Waals surface area contributed by atoms with E-state index in [0.717, 1.165) is 44.0 Å². The van der Waals surface area contributed by atoms with Crippen molar-refractivity contribution in [2.24, 2.45) is 5.73 Å². The summed E-state index contributed by atoms with van der Waals surface area (Å²) in [6.07, 6.45) is 0. The molecule has 1 aliphatic heterocycles. The number of nitrogens with one attached hydrogen (secondary N) is 2. The first-order valence-electron chi connectivity index (χ1n) is 9.84. The largest absolute Gasteiger partial charge is 0.379 e. The van der Waals surface area contributed by atoms with Gasteiger partial charge in [0, 0.05) is 37.4 Å². The summed E-state index contributed by atoms with van der Waals surface area (Å²) in [5, 5.41) is 5.71. The first kappa shape index (κ1) is 26.9. The lowest BCUT2D eigenvalue weighted by Gasteiger charge is -2.26. The number of amides is 2. The Morgan fingerprint density at radius 2 is 1.65 bits per heavy atom. The van der Waals surface area contributed by atoms with Gasteiger partial charge in [0.05, 0.1) is 13.2 Å². The maximum Gasteiger partial charge on any atom is 0.251 e. The number of ether oxygens (including phenoxy) is 1. The Balaban J connectivity index is 0.00000240. The second-order valence-corrected chi connectivity index (χ2v) is 7.16. The van der Waals surface area contributed by atoms with E-state index in [-0.39, 0.29) is 36.6 Å². The van der Waals surface area contributed by atoms with E-state index in [1.54, 1.807) is 24.3 Å². The van der Waals surface area contributed by atoms with Crippen molar-refractivity contribution in [3.63, 3.8) is 0 Å². The van der Waals surface area contributed by atoms with Crippen molar-refractivity contribution < 1.29 is 14.3 Å². The van der Waals surface area contributed by atoms with E-state index in [2.05, 4.69) is 15.5 Å². The summed E-state index contributed by atoms with van der Waals surface area (Å²) in [5.41, 5.74) is 9.06. The van der Waals surface area contributed by atoms with Crippen molar-refractivity contribution in [3.8, 4) is 0 Å². The van der Waals surface area contributed by atoms with Crippen molar-refractivity contribution in [2.75, 3.05) is 44.7 Å². The number of anilines is 1. The number of hydrogen-bond acceptors (Lipinski definition) is 5. The van der Waals surface area contributed by atoms with Crippen LogP contribution in [0.5, 0.6) is 0 Å². The number of nitrogens with zero attached hydrogens (tertiary/aromatic N) is 1. The molecule has 1 aliphatic rings. The maximum absolute atomic E-state index is 12.4. The molecule has 0 aromatic heterocycles. The van der Waals surface area contributed by atoms with Gasteiger partial charge in [0.1, 0.15) is 6.04 Å². The molecule has 2 aromatic carbocycles. The molecule has 0 bridgehead atoms. The summed E-state index contributed by atoms with van der Waals surface area (Å²) in [6, 6.07) is 13.6. The van der Waals surface area contributed by atoms with Gasteiger partial charge in [-0.15, -0.1) is 24.8 Å². The molecule has 1 heterocycles. The molecule has 7 nitrogen and oxygen atoms in total. The van der Waals surface area contributed by atoms with Gasteiger partial charge in [-0.1, -0.05) is 29.8 Å². The van der Waals surface area contributed by atoms with Crippen molar-refractivity contribution in [3.05, 3.63) is 65.2 Å². The Labute approximate surface area is 195 Å². The number of hydrogen-bond donors (Lipinski definition) is 3. The molecule has 31 heavy (non-hydrogen) atoms. The Kier molecular flexibility index (Phi) is 11.5. The highest BCUT2D eigenvalue weighted by Gasteiger charge is 2.16. The highest BCUT2D eigenvalue weighted by molar-refractivity contribution is 5.97. The SMILES string of the molecule is Cc1ccc(C(N)C(=O)Nc2ccc(C(=O)NCCN3CCOCC3)cc2)cc1.Cl.Cl. The molecule has 0 spiro atoms. The number of carbonyl (C=O) groups is 2. The van der Waals surface area contributed by atoms with Crippen LogP contribution in [-0.2, 0) is 9.53 Å². The Hall–Kier alpha value is -2.16. The topological polar surface area (TPSA) is 96.7 Å². The highest BCUT2D eigenvalue weighted by Crippen LogP contribution is 2.15. The zero-order valence-corrected chi connectivity index (χ0v) is 19.1. The minimum absolute atomic E-state index is 0. The molecule has 1 unspecified atom stereocenters. The van der Waals surface area contributed by atoms with Gasteiger partial charge >= 0.3 is 0 Å². The first-order valence-corrected chi connectivity index (χ1v) is 9.84. The van der Waals surface area contributed by atoms with Crippen molar-refractivity contribution >= 4 is 42.3 Å². The molecule has 9 heteroatoms. The highest BCUT2D eigenvalue weighted by atomic mass is 35.5. The van der Waals surface area contributed by atoms with Crippen molar-refractivity contribution in [1.29, 1.82) is 0 Å². The van der Waals surface area contributed by atoms with E-state index in [1.165, 1.54) is 0 Å². The van der Waals surface area contributed by atoms with Crippen LogP contribution in [0.25, 0.3) is 0 Å². The molecule has 170 valence electrons. The second-order valence-electron chi connectivity index (χ2n) is 7.16. The summed E-state index contributed by atoms with van der Waals surface area (Å²) >= 11 is 0. The van der Waals surface area contributed by atoms with Crippen LogP contribution in [0.1, 0.15) is 27.5 Å². The van der Waals surface area contributed by atoms with Crippen molar-refractivity contribution in [1.82, 2.24) is 10.2 Å². The molecule has 2 aromatic rings. The smallest absolute Gasteiger partial charge is 0.251 e. The predicted octanol–water partition coefficient (Wildman–Crippen LogP) is 2.54. The molecule has 4 N–H and O–H groups in total. The van der Waals surface area contributed by atoms with E-state index in [9.17, 15) is 9.59 Å². The van der Waals surface area contributed by atoms with Gasteiger partial charge in [-0.3, -0.25) is 14.5 Å². The van der Waals surface area contributed by atoms with Crippen LogP contribution in [0, 0.1) is 6.92 Å². The van der Waals surface area contributed by atoms with Crippen LogP contribution >= 0.6 is 24.8 Å². The minimum atomic E-state index is -0.751. The van der Waals surface area contributed by atoms with Gasteiger partial charge in [0.2, 0.25) is 5.91 Å². The lowest BCUT2D eigenvalue weighted by atomic mass is 10.1. The summed E-state index contributed by atoms with van der Waals surface area (Å²) in [5.74, 6) is -0.427. The molecular formula is C22H30Cl2N4O3.